The van der Waals surface area contributed by atoms with Crippen LogP contribution in [0.4, 0.5) is 23.7 Å². The zero-order chi connectivity index (χ0) is 30.8. The summed E-state index contributed by atoms with van der Waals surface area (Å²) in [6.45, 7) is 5.51. The molecule has 10 heteroatoms. The Hall–Kier alpha value is -4.60. The zero-order valence-corrected chi connectivity index (χ0v) is 24.0. The van der Waals surface area contributed by atoms with Gasteiger partial charge in [-0.05, 0) is 67.5 Å². The largest absolute Gasteiger partial charge is 0.465 e. The van der Waals surface area contributed by atoms with E-state index in [1.807, 2.05) is 55.5 Å². The van der Waals surface area contributed by atoms with Crippen molar-refractivity contribution < 1.29 is 36.8 Å². The Balaban J connectivity index is 1.30. The van der Waals surface area contributed by atoms with Gasteiger partial charge in [-0.3, -0.25) is 10.1 Å². The molecule has 1 amide bonds. The van der Waals surface area contributed by atoms with Gasteiger partial charge in [0, 0.05) is 5.56 Å². The van der Waals surface area contributed by atoms with E-state index in [2.05, 4.69) is 10.5 Å². The van der Waals surface area contributed by atoms with Crippen molar-refractivity contribution in [2.24, 2.45) is 0 Å². The Bertz CT molecular complexity index is 1610. The molecule has 1 heterocycles. The fourth-order valence-corrected chi connectivity index (χ4v) is 5.02. The van der Waals surface area contributed by atoms with Crippen LogP contribution in [0.5, 0.6) is 0 Å². The summed E-state index contributed by atoms with van der Waals surface area (Å²) in [6.07, 6.45) is -4.27. The van der Waals surface area contributed by atoms with Gasteiger partial charge in [-0.15, -0.1) is 0 Å². The van der Waals surface area contributed by atoms with Crippen molar-refractivity contribution in [2.75, 3.05) is 11.9 Å². The normalized spacial score (nSPS) is 14.6. The van der Waals surface area contributed by atoms with E-state index in [0.29, 0.717) is 35.7 Å². The first-order chi connectivity index (χ1) is 20.6. The quantitative estimate of drug-likeness (QED) is 0.196. The van der Waals surface area contributed by atoms with Gasteiger partial charge >= 0.3 is 18.2 Å². The van der Waals surface area contributed by atoms with Crippen LogP contribution in [0.2, 0.25) is 0 Å². The van der Waals surface area contributed by atoms with E-state index < -0.39 is 29.4 Å². The van der Waals surface area contributed by atoms with Crippen LogP contribution in [0.25, 0.3) is 22.5 Å². The SMILES string of the molecule is CCOC(=O)C1(c2ccc(-c3ccc(-c4onc(CC)c4NC(=O)O[C@H](C)c4cccc(C(F)(F)F)c4)cc3)cc2)CC1. The molecule has 1 N–H and O–H groups in total. The number of amides is 1. The van der Waals surface area contributed by atoms with E-state index in [-0.39, 0.29) is 11.5 Å². The van der Waals surface area contributed by atoms with Crippen LogP contribution >= 0.6 is 0 Å². The highest BCUT2D eigenvalue weighted by molar-refractivity contribution is 5.91. The Morgan fingerprint density at radius 2 is 1.60 bits per heavy atom. The number of ether oxygens (including phenoxy) is 2. The Labute approximate surface area is 247 Å². The number of alkyl halides is 3. The molecule has 0 aliphatic heterocycles. The number of carbonyl (C=O) groups is 2. The Morgan fingerprint density at radius 3 is 2.19 bits per heavy atom. The number of rotatable bonds is 9. The molecule has 1 aliphatic carbocycles. The molecule has 0 saturated heterocycles. The van der Waals surface area contributed by atoms with Crippen LogP contribution in [0.3, 0.4) is 0 Å². The summed E-state index contributed by atoms with van der Waals surface area (Å²) in [6, 6.07) is 20.0. The van der Waals surface area contributed by atoms with Crippen LogP contribution in [0.1, 0.15) is 62.1 Å². The molecule has 1 aliphatic rings. The number of hydrogen-bond acceptors (Lipinski definition) is 6. The molecule has 1 atom stereocenters. The maximum absolute atomic E-state index is 13.1. The minimum Gasteiger partial charge on any atom is -0.465 e. The minimum absolute atomic E-state index is 0.177. The molecule has 43 heavy (non-hydrogen) atoms. The van der Waals surface area contributed by atoms with E-state index in [1.165, 1.54) is 19.1 Å². The fraction of sp³-hybridized carbons (Fsp3) is 0.303. The number of nitrogens with zero attached hydrogens (tertiary/aromatic N) is 1. The number of benzene rings is 3. The molecular formula is C33H31F3N2O5. The number of nitrogens with one attached hydrogen (secondary N) is 1. The van der Waals surface area contributed by atoms with Gasteiger partial charge in [-0.25, -0.2) is 4.79 Å². The zero-order valence-electron chi connectivity index (χ0n) is 24.0. The first kappa shape index (κ1) is 29.9. The number of aromatic nitrogens is 1. The van der Waals surface area contributed by atoms with Gasteiger partial charge in [0.1, 0.15) is 17.5 Å². The van der Waals surface area contributed by atoms with Crippen molar-refractivity contribution in [3.8, 4) is 22.5 Å². The second-order valence-electron chi connectivity index (χ2n) is 10.4. The lowest BCUT2D eigenvalue weighted by Crippen LogP contribution is -2.23. The monoisotopic (exact) mass is 592 g/mol. The van der Waals surface area contributed by atoms with E-state index in [0.717, 1.165) is 41.7 Å². The van der Waals surface area contributed by atoms with E-state index >= 15 is 0 Å². The predicted molar refractivity (Wildman–Crippen MR) is 154 cm³/mol. The minimum atomic E-state index is -4.51. The maximum Gasteiger partial charge on any atom is 0.416 e. The molecular weight excluding hydrogens is 561 g/mol. The highest BCUT2D eigenvalue weighted by atomic mass is 19.4. The highest BCUT2D eigenvalue weighted by Gasteiger charge is 2.52. The molecule has 1 saturated carbocycles. The summed E-state index contributed by atoms with van der Waals surface area (Å²) in [4.78, 5) is 25.2. The topological polar surface area (TPSA) is 90.7 Å². The molecule has 0 radical (unpaired) electrons. The third-order valence-electron chi connectivity index (χ3n) is 7.63. The lowest BCUT2D eigenvalue weighted by Gasteiger charge is -2.16. The van der Waals surface area contributed by atoms with Gasteiger partial charge in [0.25, 0.3) is 0 Å². The van der Waals surface area contributed by atoms with Gasteiger partial charge in [0.15, 0.2) is 5.76 Å². The van der Waals surface area contributed by atoms with Crippen LogP contribution < -0.4 is 5.32 Å². The summed E-state index contributed by atoms with van der Waals surface area (Å²) in [7, 11) is 0. The number of esters is 1. The average Bonchev–Trinajstić information content (AvgIpc) is 3.72. The molecule has 0 spiro atoms. The Morgan fingerprint density at radius 1 is 0.977 bits per heavy atom. The Kier molecular flexibility index (Phi) is 8.30. The molecule has 224 valence electrons. The lowest BCUT2D eigenvalue weighted by atomic mass is 9.93. The van der Waals surface area contributed by atoms with E-state index in [9.17, 15) is 22.8 Å². The third-order valence-corrected chi connectivity index (χ3v) is 7.63. The molecule has 3 aromatic carbocycles. The number of hydrogen-bond donors (Lipinski definition) is 1. The highest BCUT2D eigenvalue weighted by Crippen LogP contribution is 2.49. The van der Waals surface area contributed by atoms with Crippen molar-refractivity contribution in [3.05, 3.63) is 95.2 Å². The van der Waals surface area contributed by atoms with Crippen molar-refractivity contribution in [2.45, 2.75) is 57.7 Å². The smallest absolute Gasteiger partial charge is 0.416 e. The summed E-state index contributed by atoms with van der Waals surface area (Å²) >= 11 is 0. The molecule has 1 fully saturated rings. The molecule has 1 aromatic heterocycles. The van der Waals surface area contributed by atoms with Gasteiger partial charge in [-0.2, -0.15) is 13.2 Å². The third kappa shape index (κ3) is 6.28. The maximum atomic E-state index is 13.1. The van der Waals surface area contributed by atoms with Crippen LogP contribution in [0, 0.1) is 0 Å². The van der Waals surface area contributed by atoms with E-state index in [4.69, 9.17) is 14.0 Å². The first-order valence-electron chi connectivity index (χ1n) is 14.1. The summed E-state index contributed by atoms with van der Waals surface area (Å²) in [5.74, 6) is 0.150. The number of anilines is 1. The fourth-order valence-electron chi connectivity index (χ4n) is 5.02. The van der Waals surface area contributed by atoms with Gasteiger partial charge in [-0.1, -0.05) is 72.7 Å². The van der Waals surface area contributed by atoms with Gasteiger partial charge in [0.05, 0.1) is 17.6 Å². The van der Waals surface area contributed by atoms with Crippen molar-refractivity contribution in [3.63, 3.8) is 0 Å². The van der Waals surface area contributed by atoms with Crippen molar-refractivity contribution in [1.82, 2.24) is 5.16 Å². The number of carbonyl (C=O) groups excluding carboxylic acids is 2. The van der Waals surface area contributed by atoms with Crippen LogP contribution in [0.15, 0.2) is 77.3 Å². The molecule has 7 nitrogen and oxygen atoms in total. The number of halogens is 3. The summed E-state index contributed by atoms with van der Waals surface area (Å²) < 4.78 is 55.6. The molecule has 0 unspecified atom stereocenters. The van der Waals surface area contributed by atoms with E-state index in [1.54, 1.807) is 6.92 Å². The second-order valence-corrected chi connectivity index (χ2v) is 10.4. The number of aryl methyl sites for hydroxylation is 1. The van der Waals surface area contributed by atoms with Gasteiger partial charge < -0.3 is 14.0 Å². The molecule has 4 aromatic rings. The summed E-state index contributed by atoms with van der Waals surface area (Å²) in [5.41, 5.74) is 3.20. The average molecular weight is 593 g/mol. The molecule has 0 bridgehead atoms. The summed E-state index contributed by atoms with van der Waals surface area (Å²) in [5, 5.41) is 6.75. The molecule has 5 rings (SSSR count). The predicted octanol–water partition coefficient (Wildman–Crippen LogP) is 8.49. The lowest BCUT2D eigenvalue weighted by molar-refractivity contribution is -0.146. The second kappa shape index (κ2) is 11.9. The van der Waals surface area contributed by atoms with Crippen LogP contribution in [-0.2, 0) is 32.3 Å². The first-order valence-corrected chi connectivity index (χ1v) is 14.1. The van der Waals surface area contributed by atoms with Crippen LogP contribution in [-0.4, -0.2) is 23.8 Å². The standard InChI is InChI=1S/C33H31F3N2O5/c1-4-27-28(37-31(40)42-20(3)24-7-6-8-26(19-24)33(34,35)36)29(43-38-27)23-11-9-21(10-12-23)22-13-15-25(16-14-22)32(17-18-32)30(39)41-5-2/h6-16,19-20H,4-5,17-18H2,1-3H3,(H,37,40)/t20-/m1/s1. The van der Waals surface area contributed by atoms with Crippen molar-refractivity contribution in [1.29, 1.82) is 0 Å². The van der Waals surface area contributed by atoms with Gasteiger partial charge in [0.2, 0.25) is 0 Å². The van der Waals surface area contributed by atoms with Crippen molar-refractivity contribution >= 4 is 17.7 Å².